The summed E-state index contributed by atoms with van der Waals surface area (Å²) >= 11 is 0. The Morgan fingerprint density at radius 2 is 1.91 bits per heavy atom. The topological polar surface area (TPSA) is 87.2 Å². The van der Waals surface area contributed by atoms with E-state index in [-0.39, 0.29) is 11.5 Å². The molecule has 1 aliphatic rings. The normalized spacial score (nSPS) is 16.6. The molecule has 2 heterocycles. The summed E-state index contributed by atoms with van der Waals surface area (Å²) in [7, 11) is 0. The minimum atomic E-state index is -0.460. The maximum absolute atomic E-state index is 12.9. The lowest BCUT2D eigenvalue weighted by Gasteiger charge is -2.35. The van der Waals surface area contributed by atoms with Gasteiger partial charge in [0.15, 0.2) is 0 Å². The Kier molecular flexibility index (Phi) is 7.95. The second kappa shape index (κ2) is 11.3. The van der Waals surface area contributed by atoms with Crippen molar-refractivity contribution in [1.29, 1.82) is 0 Å². The molecule has 1 atom stereocenters. The molecule has 0 bridgehead atoms. The summed E-state index contributed by atoms with van der Waals surface area (Å²) in [4.78, 5) is 43.4. The molecule has 1 saturated heterocycles. The van der Waals surface area contributed by atoms with Gasteiger partial charge in [0.05, 0.1) is 10.9 Å². The fraction of sp³-hybridized carbons (Fsp3) is 0.444. The van der Waals surface area contributed by atoms with Gasteiger partial charge in [-0.2, -0.15) is 0 Å². The number of carbonyl (C=O) groups excluding carboxylic acids is 1. The SMILES string of the molecule is CC[C@@H]1CCCCN1CCCNC(=O)c1ccc2c(=O)n(CCc3ccccc3)c(=O)[nH]c2c1. The molecule has 1 aliphatic heterocycles. The average Bonchev–Trinajstić information content (AvgIpc) is 2.86. The third-order valence-electron chi connectivity index (χ3n) is 6.84. The summed E-state index contributed by atoms with van der Waals surface area (Å²) in [6.45, 7) is 5.28. The lowest BCUT2D eigenvalue weighted by atomic mass is 10.00. The van der Waals surface area contributed by atoms with Gasteiger partial charge in [-0.3, -0.25) is 14.2 Å². The maximum atomic E-state index is 12.9. The predicted molar refractivity (Wildman–Crippen MR) is 135 cm³/mol. The van der Waals surface area contributed by atoms with Gasteiger partial charge in [0.2, 0.25) is 0 Å². The second-order valence-electron chi connectivity index (χ2n) is 9.09. The first-order valence-electron chi connectivity index (χ1n) is 12.4. The number of fused-ring (bicyclic) bond motifs is 1. The number of amides is 1. The molecule has 2 N–H and O–H groups in total. The lowest BCUT2D eigenvalue weighted by Crippen LogP contribution is -2.40. The summed E-state index contributed by atoms with van der Waals surface area (Å²) in [5, 5.41) is 3.38. The Balaban J connectivity index is 1.38. The van der Waals surface area contributed by atoms with Gasteiger partial charge in [-0.1, -0.05) is 43.7 Å². The number of rotatable bonds is 9. The number of piperidine rings is 1. The first-order valence-corrected chi connectivity index (χ1v) is 12.4. The fourth-order valence-electron chi connectivity index (χ4n) is 4.89. The summed E-state index contributed by atoms with van der Waals surface area (Å²) in [6.07, 6.45) is 6.51. The average molecular weight is 463 g/mol. The minimum Gasteiger partial charge on any atom is -0.352 e. The zero-order valence-electron chi connectivity index (χ0n) is 19.9. The number of H-pyrrole nitrogens is 1. The van der Waals surface area contributed by atoms with Crippen LogP contribution >= 0.6 is 0 Å². The van der Waals surface area contributed by atoms with Crippen LogP contribution in [0.2, 0.25) is 0 Å². The van der Waals surface area contributed by atoms with Crippen molar-refractivity contribution in [2.45, 2.75) is 58.0 Å². The third kappa shape index (κ3) is 5.65. The molecular weight excluding hydrogens is 428 g/mol. The fourth-order valence-corrected chi connectivity index (χ4v) is 4.89. The van der Waals surface area contributed by atoms with Crippen LogP contribution < -0.4 is 16.6 Å². The highest BCUT2D eigenvalue weighted by Crippen LogP contribution is 2.19. The second-order valence-corrected chi connectivity index (χ2v) is 9.09. The van der Waals surface area contributed by atoms with E-state index in [4.69, 9.17) is 0 Å². The summed E-state index contributed by atoms with van der Waals surface area (Å²) in [5.41, 5.74) is 1.09. The van der Waals surface area contributed by atoms with Crippen LogP contribution in [-0.2, 0) is 13.0 Å². The van der Waals surface area contributed by atoms with Crippen molar-refractivity contribution in [1.82, 2.24) is 19.8 Å². The van der Waals surface area contributed by atoms with E-state index < -0.39 is 5.69 Å². The number of nitrogens with zero attached hydrogens (tertiary/aromatic N) is 2. The standard InChI is InChI=1S/C27H34N4O3/c1-2-22-11-6-7-16-30(22)17-8-15-28-25(32)21-12-13-23-24(19-21)29-27(34)31(26(23)33)18-14-20-9-4-3-5-10-20/h3-5,9-10,12-13,19,22H,2,6-8,11,14-18H2,1H3,(H,28,32)(H,29,34)/t22-/m1/s1. The quantitative estimate of drug-likeness (QED) is 0.478. The van der Waals surface area contributed by atoms with E-state index in [1.165, 1.54) is 30.3 Å². The summed E-state index contributed by atoms with van der Waals surface area (Å²) in [5.74, 6) is -0.193. The smallest absolute Gasteiger partial charge is 0.328 e. The molecule has 0 radical (unpaired) electrons. The molecule has 7 heteroatoms. The molecule has 0 unspecified atom stereocenters. The number of nitrogens with one attached hydrogen (secondary N) is 2. The molecule has 0 spiro atoms. The van der Waals surface area contributed by atoms with Gasteiger partial charge in [0.1, 0.15) is 0 Å². The Bertz CT molecular complexity index is 1230. The first kappa shape index (κ1) is 24.0. The van der Waals surface area contributed by atoms with Crippen LogP contribution in [0, 0.1) is 0 Å². The van der Waals surface area contributed by atoms with Crippen molar-refractivity contribution in [2.75, 3.05) is 19.6 Å². The van der Waals surface area contributed by atoms with Crippen LogP contribution in [-0.4, -0.2) is 46.0 Å². The lowest BCUT2D eigenvalue weighted by molar-refractivity contribution is 0.0947. The molecule has 3 aromatic rings. The zero-order chi connectivity index (χ0) is 23.9. The molecule has 2 aromatic carbocycles. The predicted octanol–water partition coefficient (Wildman–Crippen LogP) is 3.32. The first-order chi connectivity index (χ1) is 16.6. The van der Waals surface area contributed by atoms with Gasteiger partial charge in [-0.25, -0.2) is 4.79 Å². The summed E-state index contributed by atoms with van der Waals surface area (Å²) < 4.78 is 1.22. The molecule has 0 saturated carbocycles. The molecule has 1 aromatic heterocycles. The maximum Gasteiger partial charge on any atom is 0.328 e. The molecule has 180 valence electrons. The van der Waals surface area contributed by atoms with Crippen molar-refractivity contribution < 1.29 is 4.79 Å². The van der Waals surface area contributed by atoms with Crippen LogP contribution in [0.25, 0.3) is 10.9 Å². The van der Waals surface area contributed by atoms with Gasteiger partial charge in [-0.05, 0) is 62.4 Å². The molecular formula is C27H34N4O3. The molecule has 7 nitrogen and oxygen atoms in total. The summed E-state index contributed by atoms with van der Waals surface area (Å²) in [6, 6.07) is 15.3. The van der Waals surface area contributed by atoms with Crippen molar-refractivity contribution in [3.8, 4) is 0 Å². The van der Waals surface area contributed by atoms with Crippen LogP contribution in [0.3, 0.4) is 0 Å². The van der Waals surface area contributed by atoms with E-state index in [9.17, 15) is 14.4 Å². The number of benzene rings is 2. The monoisotopic (exact) mass is 462 g/mol. The molecule has 4 rings (SSSR count). The van der Waals surface area contributed by atoms with Crippen molar-refractivity contribution >= 4 is 16.8 Å². The van der Waals surface area contributed by atoms with Gasteiger partial charge >= 0.3 is 5.69 Å². The zero-order valence-corrected chi connectivity index (χ0v) is 19.9. The van der Waals surface area contributed by atoms with Crippen molar-refractivity contribution in [3.63, 3.8) is 0 Å². The number of hydrogen-bond acceptors (Lipinski definition) is 4. The van der Waals surface area contributed by atoms with E-state index in [1.807, 2.05) is 30.3 Å². The number of carbonyl (C=O) groups is 1. The molecule has 0 aliphatic carbocycles. The highest BCUT2D eigenvalue weighted by molar-refractivity contribution is 5.97. The van der Waals surface area contributed by atoms with Gasteiger partial charge in [0.25, 0.3) is 11.5 Å². The Labute approximate surface area is 199 Å². The minimum absolute atomic E-state index is 0.193. The van der Waals surface area contributed by atoms with Crippen LogP contribution in [0.15, 0.2) is 58.1 Å². The van der Waals surface area contributed by atoms with E-state index in [0.29, 0.717) is 42.0 Å². The van der Waals surface area contributed by atoms with Crippen molar-refractivity contribution in [2.24, 2.45) is 0 Å². The number of aromatic amines is 1. The van der Waals surface area contributed by atoms with Crippen LogP contribution in [0.5, 0.6) is 0 Å². The number of likely N-dealkylation sites (tertiary alicyclic amines) is 1. The largest absolute Gasteiger partial charge is 0.352 e. The van der Waals surface area contributed by atoms with E-state index in [2.05, 4.69) is 22.1 Å². The Hall–Kier alpha value is -3.19. The number of aromatic nitrogens is 2. The van der Waals surface area contributed by atoms with Crippen molar-refractivity contribution in [3.05, 3.63) is 80.5 Å². The highest BCUT2D eigenvalue weighted by Gasteiger charge is 2.20. The number of hydrogen-bond donors (Lipinski definition) is 2. The van der Waals surface area contributed by atoms with Gasteiger partial charge < -0.3 is 15.2 Å². The van der Waals surface area contributed by atoms with Crippen LogP contribution in [0.1, 0.15) is 54.9 Å². The number of aryl methyl sites for hydroxylation is 1. The third-order valence-corrected chi connectivity index (χ3v) is 6.84. The molecule has 34 heavy (non-hydrogen) atoms. The Morgan fingerprint density at radius 3 is 2.71 bits per heavy atom. The van der Waals surface area contributed by atoms with Gasteiger partial charge in [-0.15, -0.1) is 0 Å². The van der Waals surface area contributed by atoms with E-state index in [0.717, 1.165) is 25.1 Å². The highest BCUT2D eigenvalue weighted by atomic mass is 16.2. The van der Waals surface area contributed by atoms with Gasteiger partial charge in [0, 0.05) is 31.2 Å². The van der Waals surface area contributed by atoms with E-state index >= 15 is 0 Å². The Morgan fingerprint density at radius 1 is 1.09 bits per heavy atom. The van der Waals surface area contributed by atoms with E-state index in [1.54, 1.807) is 18.2 Å². The molecule has 1 fully saturated rings. The molecule has 1 amide bonds. The van der Waals surface area contributed by atoms with Crippen LogP contribution in [0.4, 0.5) is 0 Å².